The first kappa shape index (κ1) is 17.8. The van der Waals surface area contributed by atoms with Gasteiger partial charge in [0.05, 0.1) is 23.2 Å². The minimum Gasteiger partial charge on any atom is -0.451 e. The number of para-hydroxylation sites is 1. The zero-order chi connectivity index (χ0) is 19.1. The molecule has 2 aliphatic heterocycles. The van der Waals surface area contributed by atoms with Crippen LogP contribution in [-0.4, -0.2) is 45.5 Å². The highest BCUT2D eigenvalue weighted by molar-refractivity contribution is 8.01. The van der Waals surface area contributed by atoms with Gasteiger partial charge in [-0.1, -0.05) is 24.3 Å². The van der Waals surface area contributed by atoms with Crippen LogP contribution in [0.3, 0.4) is 0 Å². The van der Waals surface area contributed by atoms with Crippen LogP contribution in [0.15, 0.2) is 53.1 Å². The first-order valence-electron chi connectivity index (χ1n) is 9.56. The van der Waals surface area contributed by atoms with Crippen molar-refractivity contribution >= 4 is 28.6 Å². The Labute approximate surface area is 168 Å². The van der Waals surface area contributed by atoms with Gasteiger partial charge < -0.3 is 14.1 Å². The van der Waals surface area contributed by atoms with E-state index >= 15 is 0 Å². The second-order valence-corrected chi connectivity index (χ2v) is 9.15. The molecule has 144 valence electrons. The Morgan fingerprint density at radius 2 is 2.11 bits per heavy atom. The maximum atomic E-state index is 12.9. The summed E-state index contributed by atoms with van der Waals surface area (Å²) in [6.45, 7) is 4.02. The van der Waals surface area contributed by atoms with Crippen molar-refractivity contribution in [3.05, 3.63) is 65.7 Å². The van der Waals surface area contributed by atoms with E-state index in [2.05, 4.69) is 4.98 Å². The van der Waals surface area contributed by atoms with Crippen molar-refractivity contribution in [3.8, 4) is 0 Å². The van der Waals surface area contributed by atoms with Gasteiger partial charge in [-0.15, -0.1) is 11.8 Å². The second kappa shape index (κ2) is 6.94. The first-order chi connectivity index (χ1) is 13.6. The smallest absolute Gasteiger partial charge is 0.289 e. The molecule has 0 aliphatic carbocycles. The Balaban J connectivity index is 1.20. The summed E-state index contributed by atoms with van der Waals surface area (Å²) in [7, 11) is 0. The quantitative estimate of drug-likeness (QED) is 0.668. The third-order valence-electron chi connectivity index (χ3n) is 5.65. The van der Waals surface area contributed by atoms with Crippen LogP contribution in [-0.2, 0) is 11.3 Å². The normalized spacial score (nSPS) is 20.6. The van der Waals surface area contributed by atoms with Gasteiger partial charge in [0, 0.05) is 36.0 Å². The van der Waals surface area contributed by atoms with E-state index in [0.29, 0.717) is 12.4 Å². The first-order valence-corrected chi connectivity index (χ1v) is 10.5. The molecule has 1 spiro atoms. The van der Waals surface area contributed by atoms with Crippen molar-refractivity contribution in [3.63, 3.8) is 0 Å². The largest absolute Gasteiger partial charge is 0.451 e. The lowest BCUT2D eigenvalue weighted by molar-refractivity contribution is 0.0234. The van der Waals surface area contributed by atoms with Crippen LogP contribution in [0.25, 0.3) is 11.0 Å². The number of rotatable bonds is 4. The zero-order valence-electron chi connectivity index (χ0n) is 15.8. The molecule has 4 heterocycles. The molecule has 2 saturated heterocycles. The van der Waals surface area contributed by atoms with Crippen molar-refractivity contribution < 1.29 is 13.9 Å². The zero-order valence-corrected chi connectivity index (χ0v) is 16.6. The molecule has 6 heteroatoms. The number of carbonyl (C=O) groups is 1. The molecule has 1 amide bonds. The molecule has 2 aliphatic rings. The van der Waals surface area contributed by atoms with Gasteiger partial charge in [-0.3, -0.25) is 9.78 Å². The molecule has 0 radical (unpaired) electrons. The van der Waals surface area contributed by atoms with E-state index in [4.69, 9.17) is 9.15 Å². The van der Waals surface area contributed by atoms with Gasteiger partial charge >= 0.3 is 0 Å². The fourth-order valence-corrected chi connectivity index (χ4v) is 5.68. The number of pyridine rings is 1. The van der Waals surface area contributed by atoms with E-state index in [0.717, 1.165) is 47.5 Å². The third-order valence-corrected chi connectivity index (χ3v) is 7.23. The number of aromatic nitrogens is 1. The van der Waals surface area contributed by atoms with Crippen LogP contribution in [0.5, 0.6) is 0 Å². The number of hydrogen-bond donors (Lipinski definition) is 0. The molecule has 5 nitrogen and oxygen atoms in total. The molecule has 2 fully saturated rings. The SMILES string of the molecule is Cc1c(C(=O)N2CC3(CC(OCc4ccccn4)CS3)C2)oc2ccccc12. The molecule has 0 N–H and O–H groups in total. The Morgan fingerprint density at radius 1 is 1.29 bits per heavy atom. The number of furan rings is 1. The Morgan fingerprint density at radius 3 is 2.89 bits per heavy atom. The van der Waals surface area contributed by atoms with Crippen LogP contribution < -0.4 is 0 Å². The summed E-state index contributed by atoms with van der Waals surface area (Å²) < 4.78 is 12.0. The van der Waals surface area contributed by atoms with Crippen molar-refractivity contribution in [2.75, 3.05) is 18.8 Å². The summed E-state index contributed by atoms with van der Waals surface area (Å²) >= 11 is 1.93. The lowest BCUT2D eigenvalue weighted by Crippen LogP contribution is -2.60. The third kappa shape index (κ3) is 3.10. The van der Waals surface area contributed by atoms with Crippen LogP contribution in [0, 0.1) is 6.92 Å². The fraction of sp³-hybridized carbons (Fsp3) is 0.364. The van der Waals surface area contributed by atoms with E-state index in [1.54, 1.807) is 6.20 Å². The predicted octanol–water partition coefficient (Wildman–Crippen LogP) is 4.05. The number of amides is 1. The van der Waals surface area contributed by atoms with Crippen molar-refractivity contribution in [1.82, 2.24) is 9.88 Å². The molecule has 5 rings (SSSR count). The Kier molecular flexibility index (Phi) is 4.40. The molecule has 28 heavy (non-hydrogen) atoms. The number of aryl methyl sites for hydroxylation is 1. The minimum atomic E-state index is -0.00206. The number of ether oxygens (including phenoxy) is 1. The van der Waals surface area contributed by atoms with Gasteiger partial charge in [0.15, 0.2) is 5.76 Å². The molecular weight excluding hydrogens is 372 g/mol. The van der Waals surface area contributed by atoms with E-state index in [-0.39, 0.29) is 16.8 Å². The molecule has 1 atom stereocenters. The lowest BCUT2D eigenvalue weighted by atomic mass is 9.92. The summed E-state index contributed by atoms with van der Waals surface area (Å²) in [4.78, 5) is 19.1. The molecule has 3 aromatic rings. The molecule has 0 bridgehead atoms. The summed E-state index contributed by atoms with van der Waals surface area (Å²) in [6.07, 6.45) is 2.99. The highest BCUT2D eigenvalue weighted by atomic mass is 32.2. The molecule has 2 aromatic heterocycles. The molecular formula is C22H22N2O3S. The standard InChI is InChI=1S/C22H22N2O3S/c1-15-18-7-2-3-8-19(18)27-20(15)21(25)24-13-22(14-24)10-17(12-28-22)26-11-16-6-4-5-9-23-16/h2-9,17H,10-14H2,1H3. The topological polar surface area (TPSA) is 55.6 Å². The number of hydrogen-bond acceptors (Lipinski definition) is 5. The Bertz CT molecular complexity index is 1010. The highest BCUT2D eigenvalue weighted by Gasteiger charge is 2.51. The number of nitrogens with zero attached hydrogens (tertiary/aromatic N) is 2. The summed E-state index contributed by atoms with van der Waals surface area (Å²) in [5.74, 6) is 1.44. The lowest BCUT2D eigenvalue weighted by Gasteiger charge is -2.47. The number of thioether (sulfide) groups is 1. The van der Waals surface area contributed by atoms with E-state index in [9.17, 15) is 4.79 Å². The van der Waals surface area contributed by atoms with Gasteiger partial charge in [-0.05, 0) is 31.5 Å². The minimum absolute atomic E-state index is 0.00206. The predicted molar refractivity (Wildman–Crippen MR) is 109 cm³/mol. The van der Waals surface area contributed by atoms with Gasteiger partial charge in [-0.25, -0.2) is 0 Å². The van der Waals surface area contributed by atoms with Crippen LogP contribution >= 0.6 is 11.8 Å². The second-order valence-electron chi connectivity index (χ2n) is 7.67. The van der Waals surface area contributed by atoms with E-state index < -0.39 is 0 Å². The molecule has 1 aromatic carbocycles. The number of fused-ring (bicyclic) bond motifs is 1. The number of likely N-dealkylation sites (tertiary alicyclic amines) is 1. The van der Waals surface area contributed by atoms with Crippen molar-refractivity contribution in [1.29, 1.82) is 0 Å². The molecule has 1 unspecified atom stereocenters. The van der Waals surface area contributed by atoms with Crippen molar-refractivity contribution in [2.24, 2.45) is 0 Å². The van der Waals surface area contributed by atoms with Gasteiger partial charge in [0.2, 0.25) is 0 Å². The number of carbonyl (C=O) groups excluding carboxylic acids is 1. The van der Waals surface area contributed by atoms with Gasteiger partial charge in [0.1, 0.15) is 5.58 Å². The maximum Gasteiger partial charge on any atom is 0.289 e. The maximum absolute atomic E-state index is 12.9. The molecule has 0 saturated carbocycles. The van der Waals surface area contributed by atoms with Crippen LogP contribution in [0.1, 0.15) is 28.2 Å². The van der Waals surface area contributed by atoms with Crippen LogP contribution in [0.2, 0.25) is 0 Å². The number of benzene rings is 1. The van der Waals surface area contributed by atoms with Crippen molar-refractivity contribution in [2.45, 2.75) is 30.8 Å². The highest BCUT2D eigenvalue weighted by Crippen LogP contribution is 2.46. The summed E-state index contributed by atoms with van der Waals surface area (Å²) in [6, 6.07) is 13.7. The van der Waals surface area contributed by atoms with E-state index in [1.807, 2.05) is 66.1 Å². The summed E-state index contributed by atoms with van der Waals surface area (Å²) in [5, 5.41) is 1.01. The Hall–Kier alpha value is -2.31. The average Bonchev–Trinajstić information content (AvgIpc) is 3.28. The van der Waals surface area contributed by atoms with Gasteiger partial charge in [0.25, 0.3) is 5.91 Å². The van der Waals surface area contributed by atoms with E-state index in [1.165, 1.54) is 0 Å². The fourth-order valence-electron chi connectivity index (χ4n) is 4.13. The average molecular weight is 394 g/mol. The summed E-state index contributed by atoms with van der Waals surface area (Å²) in [5.41, 5.74) is 2.66. The van der Waals surface area contributed by atoms with Gasteiger partial charge in [-0.2, -0.15) is 0 Å². The van der Waals surface area contributed by atoms with Crippen LogP contribution in [0.4, 0.5) is 0 Å². The monoisotopic (exact) mass is 394 g/mol.